The maximum absolute atomic E-state index is 13.7. The molecule has 4 aromatic rings. The Morgan fingerprint density at radius 3 is 2.36 bits per heavy atom. The van der Waals surface area contributed by atoms with Crippen LogP contribution in [-0.4, -0.2) is 18.1 Å². The van der Waals surface area contributed by atoms with E-state index in [-0.39, 0.29) is 10.9 Å². The van der Waals surface area contributed by atoms with Crippen LogP contribution in [0.1, 0.15) is 0 Å². The molecule has 0 aliphatic carbocycles. The third-order valence-electron chi connectivity index (χ3n) is 4.45. The summed E-state index contributed by atoms with van der Waals surface area (Å²) in [7, 11) is 0. The van der Waals surface area contributed by atoms with Gasteiger partial charge in [0, 0.05) is 23.2 Å². The van der Waals surface area contributed by atoms with Gasteiger partial charge in [-0.05, 0) is 30.3 Å². The number of rotatable bonds is 6. The van der Waals surface area contributed by atoms with Gasteiger partial charge in [0.2, 0.25) is 0 Å². The van der Waals surface area contributed by atoms with Gasteiger partial charge in [0.05, 0.1) is 11.1 Å². The van der Waals surface area contributed by atoms with Gasteiger partial charge in [0.25, 0.3) is 5.56 Å². The Labute approximate surface area is 161 Å². The first kappa shape index (κ1) is 17.8. The van der Waals surface area contributed by atoms with Gasteiger partial charge in [-0.25, -0.2) is 4.39 Å². The van der Waals surface area contributed by atoms with Gasteiger partial charge >= 0.3 is 0 Å². The number of anilines is 1. The normalized spacial score (nSPS) is 10.8. The number of aromatic amines is 1. The summed E-state index contributed by atoms with van der Waals surface area (Å²) in [6, 6.07) is 23.5. The molecule has 2 N–H and O–H groups in total. The Balaban J connectivity index is 1.68. The van der Waals surface area contributed by atoms with Crippen molar-refractivity contribution in [3.8, 4) is 17.0 Å². The fourth-order valence-corrected chi connectivity index (χ4v) is 3.14. The van der Waals surface area contributed by atoms with E-state index in [9.17, 15) is 9.18 Å². The summed E-state index contributed by atoms with van der Waals surface area (Å²) in [4.78, 5) is 15.4. The molecule has 1 aromatic heterocycles. The highest BCUT2D eigenvalue weighted by Gasteiger charge is 2.15. The van der Waals surface area contributed by atoms with Gasteiger partial charge in [0.15, 0.2) is 5.75 Å². The first-order chi connectivity index (χ1) is 13.7. The molecule has 0 atom stereocenters. The van der Waals surface area contributed by atoms with E-state index >= 15 is 0 Å². The lowest BCUT2D eigenvalue weighted by molar-refractivity contribution is 0.337. The molecule has 0 unspecified atom stereocenters. The van der Waals surface area contributed by atoms with Crippen LogP contribution < -0.4 is 15.6 Å². The molecular weight excluding hydrogens is 355 g/mol. The lowest BCUT2D eigenvalue weighted by atomic mass is 10.1. The molecule has 0 aliphatic rings. The molecule has 0 fully saturated rings. The summed E-state index contributed by atoms with van der Waals surface area (Å²) in [6.07, 6.45) is 0. The summed E-state index contributed by atoms with van der Waals surface area (Å²) in [5, 5.41) is 4.14. The zero-order valence-corrected chi connectivity index (χ0v) is 15.1. The van der Waals surface area contributed by atoms with Gasteiger partial charge in [-0.1, -0.05) is 48.5 Å². The van der Waals surface area contributed by atoms with E-state index < -0.39 is 5.82 Å². The van der Waals surface area contributed by atoms with Crippen molar-refractivity contribution in [2.75, 3.05) is 18.5 Å². The third-order valence-corrected chi connectivity index (χ3v) is 4.45. The second-order valence-electron chi connectivity index (χ2n) is 6.36. The van der Waals surface area contributed by atoms with Crippen molar-refractivity contribution in [1.29, 1.82) is 0 Å². The Kier molecular flexibility index (Phi) is 5.06. The van der Waals surface area contributed by atoms with Crippen LogP contribution in [0, 0.1) is 5.82 Å². The number of fused-ring (bicyclic) bond motifs is 1. The number of pyridine rings is 1. The van der Waals surface area contributed by atoms with Crippen molar-refractivity contribution in [3.63, 3.8) is 0 Å². The first-order valence-corrected chi connectivity index (χ1v) is 9.05. The van der Waals surface area contributed by atoms with E-state index in [0.29, 0.717) is 30.0 Å². The predicted octanol–water partition coefficient (Wildman–Crippen LogP) is 4.83. The lowest BCUT2D eigenvalue weighted by Gasteiger charge is -2.15. The smallest absolute Gasteiger partial charge is 0.256 e. The molecule has 0 amide bonds. The fraction of sp³-hybridized carbons (Fsp3) is 0.0870. The standard InChI is InChI=1S/C23H19FN2O2/c24-17-11-12-19-20(15-17)23(27)26-21(16-7-3-1-4-8-16)22(19)28-14-13-25-18-9-5-2-6-10-18/h1-12,15,25H,13-14H2,(H,26,27). The average Bonchev–Trinajstić information content (AvgIpc) is 2.74. The molecule has 0 saturated heterocycles. The zero-order chi connectivity index (χ0) is 19.3. The molecule has 3 aromatic carbocycles. The number of aromatic nitrogens is 1. The van der Waals surface area contributed by atoms with Crippen LogP contribution in [0.15, 0.2) is 83.7 Å². The van der Waals surface area contributed by atoms with E-state index in [1.54, 1.807) is 6.07 Å². The van der Waals surface area contributed by atoms with Gasteiger partial charge in [-0.3, -0.25) is 4.79 Å². The number of H-pyrrole nitrogens is 1. The predicted molar refractivity (Wildman–Crippen MR) is 110 cm³/mol. The molecule has 140 valence electrons. The molecule has 0 spiro atoms. The van der Waals surface area contributed by atoms with Crippen LogP contribution in [0.2, 0.25) is 0 Å². The second-order valence-corrected chi connectivity index (χ2v) is 6.36. The molecular formula is C23H19FN2O2. The summed E-state index contributed by atoms with van der Waals surface area (Å²) in [6.45, 7) is 0.966. The second kappa shape index (κ2) is 7.96. The SMILES string of the molecule is O=c1[nH]c(-c2ccccc2)c(OCCNc2ccccc2)c2ccc(F)cc12. The maximum atomic E-state index is 13.7. The van der Waals surface area contributed by atoms with Gasteiger partial charge < -0.3 is 15.0 Å². The lowest BCUT2D eigenvalue weighted by Crippen LogP contribution is -2.15. The summed E-state index contributed by atoms with van der Waals surface area (Å²) >= 11 is 0. The summed E-state index contributed by atoms with van der Waals surface area (Å²) < 4.78 is 19.7. The van der Waals surface area contributed by atoms with Crippen molar-refractivity contribution >= 4 is 16.5 Å². The van der Waals surface area contributed by atoms with Gasteiger partial charge in [-0.15, -0.1) is 0 Å². The highest BCUT2D eigenvalue weighted by atomic mass is 19.1. The van der Waals surface area contributed by atoms with Crippen molar-refractivity contribution in [2.45, 2.75) is 0 Å². The Hall–Kier alpha value is -3.60. The number of ether oxygens (including phenoxy) is 1. The molecule has 0 aliphatic heterocycles. The topological polar surface area (TPSA) is 54.1 Å². The number of hydrogen-bond donors (Lipinski definition) is 2. The Bertz CT molecular complexity index is 1140. The molecule has 5 heteroatoms. The van der Waals surface area contributed by atoms with E-state index in [1.165, 1.54) is 12.1 Å². The number of para-hydroxylation sites is 1. The average molecular weight is 374 g/mol. The van der Waals surface area contributed by atoms with Crippen molar-refractivity contribution in [2.24, 2.45) is 0 Å². The zero-order valence-electron chi connectivity index (χ0n) is 15.1. The fourth-order valence-electron chi connectivity index (χ4n) is 3.14. The largest absolute Gasteiger partial charge is 0.489 e. The molecule has 4 rings (SSSR count). The van der Waals surface area contributed by atoms with Crippen molar-refractivity contribution in [3.05, 3.63) is 95.0 Å². The first-order valence-electron chi connectivity index (χ1n) is 9.05. The van der Waals surface area contributed by atoms with E-state index in [1.807, 2.05) is 60.7 Å². The number of benzene rings is 3. The molecule has 1 heterocycles. The molecule has 28 heavy (non-hydrogen) atoms. The summed E-state index contributed by atoms with van der Waals surface area (Å²) in [5.41, 5.74) is 2.08. The highest BCUT2D eigenvalue weighted by molar-refractivity contribution is 5.92. The number of nitrogens with one attached hydrogen (secondary N) is 2. The highest BCUT2D eigenvalue weighted by Crippen LogP contribution is 2.33. The monoisotopic (exact) mass is 374 g/mol. The Morgan fingerprint density at radius 2 is 1.61 bits per heavy atom. The van der Waals surface area contributed by atoms with Crippen LogP contribution in [0.3, 0.4) is 0 Å². The van der Waals surface area contributed by atoms with Crippen molar-refractivity contribution in [1.82, 2.24) is 4.98 Å². The van der Waals surface area contributed by atoms with Crippen LogP contribution in [-0.2, 0) is 0 Å². The quantitative estimate of drug-likeness (QED) is 0.476. The van der Waals surface area contributed by atoms with Crippen LogP contribution >= 0.6 is 0 Å². The van der Waals surface area contributed by atoms with Crippen LogP contribution in [0.4, 0.5) is 10.1 Å². The third kappa shape index (κ3) is 3.74. The van der Waals surface area contributed by atoms with Gasteiger partial charge in [0.1, 0.15) is 12.4 Å². The summed E-state index contributed by atoms with van der Waals surface area (Å²) in [5.74, 6) is 0.0813. The molecule has 0 saturated carbocycles. The molecule has 0 bridgehead atoms. The van der Waals surface area contributed by atoms with Gasteiger partial charge in [-0.2, -0.15) is 0 Å². The van der Waals surface area contributed by atoms with E-state index in [2.05, 4.69) is 10.3 Å². The maximum Gasteiger partial charge on any atom is 0.256 e. The molecule has 4 nitrogen and oxygen atoms in total. The Morgan fingerprint density at radius 1 is 0.893 bits per heavy atom. The number of halogens is 1. The van der Waals surface area contributed by atoms with E-state index in [4.69, 9.17) is 4.74 Å². The van der Waals surface area contributed by atoms with Crippen molar-refractivity contribution < 1.29 is 9.13 Å². The van der Waals surface area contributed by atoms with Crippen LogP contribution in [0.5, 0.6) is 5.75 Å². The minimum atomic E-state index is -0.456. The van der Waals surface area contributed by atoms with E-state index in [0.717, 1.165) is 11.3 Å². The minimum absolute atomic E-state index is 0.269. The minimum Gasteiger partial charge on any atom is -0.489 e. The molecule has 0 radical (unpaired) electrons. The van der Waals surface area contributed by atoms with Crippen LogP contribution in [0.25, 0.3) is 22.0 Å². The number of hydrogen-bond acceptors (Lipinski definition) is 3.